The standard InChI is InChI=1S/C48H61N7O8/c1-8-36(43(56)48(61)51-22-21-33-19-20-39(62-28-34-15-11-9-12-16-34)40(26-33)63-29-35-17-13-10-14-18-35)52-44(57)37(25-30(2)3)53-46(59)41(31(4)5)55-47(60)42(32(6)7)54-45(58)38-27-49-23-24-50-38/h9-20,23-24,26-27,30-32,36-37,41-42H,8,21-22,25,28-29H2,1-7H3,(H,51,61)(H,52,57)(H,53,59)(H,54,58)(H,55,60)/t36-,37-,41-,42-/m0/s1. The van der Waals surface area contributed by atoms with Gasteiger partial charge in [-0.3, -0.25) is 33.8 Å². The number of hydrogen-bond donors (Lipinski definition) is 5. The van der Waals surface area contributed by atoms with Crippen molar-refractivity contribution in [3.63, 3.8) is 0 Å². The number of rotatable bonds is 24. The van der Waals surface area contributed by atoms with Gasteiger partial charge in [-0.25, -0.2) is 4.98 Å². The fourth-order valence-corrected chi connectivity index (χ4v) is 6.51. The molecule has 0 spiro atoms. The largest absolute Gasteiger partial charge is 0.485 e. The molecule has 5 N–H and O–H groups in total. The van der Waals surface area contributed by atoms with Crippen LogP contribution in [0.3, 0.4) is 0 Å². The van der Waals surface area contributed by atoms with Gasteiger partial charge in [0.2, 0.25) is 23.5 Å². The van der Waals surface area contributed by atoms with E-state index >= 15 is 0 Å². The van der Waals surface area contributed by atoms with Crippen LogP contribution in [-0.2, 0) is 43.6 Å². The maximum Gasteiger partial charge on any atom is 0.289 e. The molecule has 0 aliphatic carbocycles. The third-order valence-corrected chi connectivity index (χ3v) is 10.1. The first-order valence-electron chi connectivity index (χ1n) is 21.4. The molecule has 0 aliphatic heterocycles. The number of carbonyl (C=O) groups is 6. The van der Waals surface area contributed by atoms with E-state index in [9.17, 15) is 28.8 Å². The van der Waals surface area contributed by atoms with Crippen LogP contribution in [0.15, 0.2) is 97.5 Å². The molecule has 4 atom stereocenters. The lowest BCUT2D eigenvalue weighted by Crippen LogP contribution is -2.60. The minimum atomic E-state index is -1.16. The van der Waals surface area contributed by atoms with E-state index in [2.05, 4.69) is 36.6 Å². The van der Waals surface area contributed by atoms with Gasteiger partial charge in [-0.2, -0.15) is 0 Å². The van der Waals surface area contributed by atoms with Gasteiger partial charge in [-0.05, 0) is 65.8 Å². The number of Topliss-reactive ketones (excluding diaryl/α,β-unsaturated/α-hetero) is 1. The summed E-state index contributed by atoms with van der Waals surface area (Å²) in [6, 6.07) is 20.8. The predicted molar refractivity (Wildman–Crippen MR) is 238 cm³/mol. The summed E-state index contributed by atoms with van der Waals surface area (Å²) in [5.74, 6) is -3.85. The number of ketones is 1. The summed E-state index contributed by atoms with van der Waals surface area (Å²) in [4.78, 5) is 88.3. The Kier molecular flexibility index (Phi) is 19.2. The van der Waals surface area contributed by atoms with Crippen LogP contribution in [0, 0.1) is 17.8 Å². The topological polar surface area (TPSA) is 207 Å². The molecule has 15 nitrogen and oxygen atoms in total. The van der Waals surface area contributed by atoms with Crippen molar-refractivity contribution in [3.8, 4) is 11.5 Å². The van der Waals surface area contributed by atoms with Gasteiger partial charge in [0.1, 0.15) is 37.0 Å². The Morgan fingerprint density at radius 3 is 1.75 bits per heavy atom. The van der Waals surface area contributed by atoms with Gasteiger partial charge < -0.3 is 36.1 Å². The van der Waals surface area contributed by atoms with Crippen LogP contribution in [0.25, 0.3) is 0 Å². The van der Waals surface area contributed by atoms with Crippen molar-refractivity contribution >= 4 is 35.3 Å². The van der Waals surface area contributed by atoms with E-state index in [4.69, 9.17) is 9.47 Å². The number of amides is 5. The van der Waals surface area contributed by atoms with Crippen molar-refractivity contribution in [2.24, 2.45) is 17.8 Å². The first kappa shape index (κ1) is 49.0. The lowest BCUT2D eigenvalue weighted by molar-refractivity contribution is -0.140. The minimum Gasteiger partial charge on any atom is -0.485 e. The lowest BCUT2D eigenvalue weighted by atomic mass is 9.98. The molecule has 63 heavy (non-hydrogen) atoms. The second-order valence-electron chi connectivity index (χ2n) is 16.4. The van der Waals surface area contributed by atoms with Gasteiger partial charge in [0.25, 0.3) is 11.8 Å². The smallest absolute Gasteiger partial charge is 0.289 e. The second-order valence-corrected chi connectivity index (χ2v) is 16.4. The third kappa shape index (κ3) is 15.6. The van der Waals surface area contributed by atoms with E-state index in [1.165, 1.54) is 18.6 Å². The summed E-state index contributed by atoms with van der Waals surface area (Å²) in [6.45, 7) is 13.2. The molecule has 0 bridgehead atoms. The van der Waals surface area contributed by atoms with Crippen LogP contribution in [0.4, 0.5) is 0 Å². The Bertz CT molecular complexity index is 2120. The molecule has 0 unspecified atom stereocenters. The van der Waals surface area contributed by atoms with E-state index in [1.807, 2.05) is 92.7 Å². The SMILES string of the molecule is CC[C@H](NC(=O)[C@H](CC(C)C)NC(=O)[C@@H](NC(=O)[C@@H](NC(=O)c1cnccn1)C(C)C)C(C)C)C(=O)C(=O)NCCc1ccc(OCc2ccccc2)c(OCc2ccccc2)c1. The summed E-state index contributed by atoms with van der Waals surface area (Å²) in [7, 11) is 0. The van der Waals surface area contributed by atoms with Crippen molar-refractivity contribution in [2.45, 2.75) is 105 Å². The van der Waals surface area contributed by atoms with Crippen molar-refractivity contribution in [2.75, 3.05) is 6.54 Å². The molecule has 0 saturated carbocycles. The zero-order valence-corrected chi connectivity index (χ0v) is 37.2. The van der Waals surface area contributed by atoms with Crippen LogP contribution < -0.4 is 36.1 Å². The minimum absolute atomic E-state index is 0.0318. The first-order chi connectivity index (χ1) is 30.2. The first-order valence-corrected chi connectivity index (χ1v) is 21.4. The van der Waals surface area contributed by atoms with Gasteiger partial charge in [0.05, 0.1) is 12.2 Å². The molecule has 336 valence electrons. The quantitative estimate of drug-likeness (QED) is 0.0604. The molecule has 15 heteroatoms. The van der Waals surface area contributed by atoms with Crippen molar-refractivity contribution in [3.05, 3.63) is 120 Å². The van der Waals surface area contributed by atoms with Gasteiger partial charge >= 0.3 is 0 Å². The normalized spacial score (nSPS) is 13.0. The molecule has 3 aromatic carbocycles. The number of benzene rings is 3. The zero-order valence-electron chi connectivity index (χ0n) is 37.2. The van der Waals surface area contributed by atoms with Gasteiger partial charge in [0, 0.05) is 18.9 Å². The number of hydrogen-bond acceptors (Lipinski definition) is 10. The summed E-state index contributed by atoms with van der Waals surface area (Å²) in [5.41, 5.74) is 2.86. The summed E-state index contributed by atoms with van der Waals surface area (Å²) >= 11 is 0. The molecular formula is C48H61N7O8. The second kappa shape index (κ2) is 24.7. The van der Waals surface area contributed by atoms with Crippen LogP contribution in [0.1, 0.15) is 88.5 Å². The van der Waals surface area contributed by atoms with Crippen LogP contribution in [0.5, 0.6) is 11.5 Å². The molecule has 0 aliphatic rings. The van der Waals surface area contributed by atoms with Crippen LogP contribution in [-0.4, -0.2) is 76.0 Å². The van der Waals surface area contributed by atoms with Gasteiger partial charge in [-0.1, -0.05) is 115 Å². The zero-order chi connectivity index (χ0) is 45.9. The highest BCUT2D eigenvalue weighted by molar-refractivity contribution is 6.38. The van der Waals surface area contributed by atoms with E-state index < -0.39 is 65.4 Å². The molecular weight excluding hydrogens is 803 g/mol. The highest BCUT2D eigenvalue weighted by Gasteiger charge is 2.34. The fraction of sp³-hybridized carbons (Fsp3) is 0.417. The Morgan fingerprint density at radius 1 is 0.619 bits per heavy atom. The fourth-order valence-electron chi connectivity index (χ4n) is 6.51. The van der Waals surface area contributed by atoms with E-state index in [1.54, 1.807) is 34.6 Å². The van der Waals surface area contributed by atoms with Gasteiger partial charge in [-0.15, -0.1) is 0 Å². The molecule has 0 radical (unpaired) electrons. The van der Waals surface area contributed by atoms with E-state index in [-0.39, 0.29) is 36.9 Å². The maximum absolute atomic E-state index is 13.8. The van der Waals surface area contributed by atoms with Crippen LogP contribution >= 0.6 is 0 Å². The van der Waals surface area contributed by atoms with Crippen molar-refractivity contribution in [1.29, 1.82) is 0 Å². The molecule has 4 aromatic rings. The number of aromatic nitrogens is 2. The molecule has 0 fully saturated rings. The third-order valence-electron chi connectivity index (χ3n) is 10.1. The number of nitrogens with one attached hydrogen (secondary N) is 5. The summed E-state index contributed by atoms with van der Waals surface area (Å²) < 4.78 is 12.3. The molecule has 0 saturated heterocycles. The van der Waals surface area contributed by atoms with Crippen molar-refractivity contribution < 1.29 is 38.2 Å². The Labute approximate surface area is 369 Å². The monoisotopic (exact) mass is 863 g/mol. The van der Waals surface area contributed by atoms with E-state index in [0.717, 1.165) is 16.7 Å². The Balaban J connectivity index is 1.36. The number of nitrogens with zero attached hydrogens (tertiary/aromatic N) is 2. The average Bonchev–Trinajstić information content (AvgIpc) is 3.27. The summed E-state index contributed by atoms with van der Waals surface area (Å²) in [5, 5.41) is 13.5. The average molecular weight is 864 g/mol. The lowest BCUT2D eigenvalue weighted by Gasteiger charge is -2.29. The van der Waals surface area contributed by atoms with Gasteiger partial charge in [0.15, 0.2) is 11.5 Å². The maximum atomic E-state index is 13.8. The molecule has 5 amide bonds. The highest BCUT2D eigenvalue weighted by Crippen LogP contribution is 2.30. The Morgan fingerprint density at radius 2 is 1.19 bits per heavy atom. The van der Waals surface area contributed by atoms with Crippen LogP contribution in [0.2, 0.25) is 0 Å². The number of carbonyl (C=O) groups excluding carboxylic acids is 6. The highest BCUT2D eigenvalue weighted by atomic mass is 16.5. The number of ether oxygens (including phenoxy) is 2. The molecule has 4 rings (SSSR count). The van der Waals surface area contributed by atoms with E-state index in [0.29, 0.717) is 31.1 Å². The molecule has 1 aromatic heterocycles. The molecule has 1 heterocycles. The summed E-state index contributed by atoms with van der Waals surface area (Å²) in [6.07, 6.45) is 4.78. The predicted octanol–water partition coefficient (Wildman–Crippen LogP) is 4.88. The Hall–Kier alpha value is -6.64. The van der Waals surface area contributed by atoms with Crippen molar-refractivity contribution in [1.82, 2.24) is 36.6 Å².